The summed E-state index contributed by atoms with van der Waals surface area (Å²) in [6.07, 6.45) is 0. The highest BCUT2D eigenvalue weighted by Crippen LogP contribution is 2.45. The van der Waals surface area contributed by atoms with Crippen molar-refractivity contribution in [3.05, 3.63) is 70.5 Å². The molecule has 154 valence electrons. The number of carbonyl (C=O) groups is 1. The van der Waals surface area contributed by atoms with Gasteiger partial charge >= 0.3 is 0 Å². The summed E-state index contributed by atoms with van der Waals surface area (Å²) in [6.45, 7) is 7.90. The number of fused-ring (bicyclic) bond motifs is 1. The molecule has 0 aromatic heterocycles. The summed E-state index contributed by atoms with van der Waals surface area (Å²) in [6, 6.07) is 13.1. The number of hydrogen-bond donors (Lipinski definition) is 0. The minimum atomic E-state index is -0.254. The number of methoxy groups -OCH3 is 1. The Hall–Kier alpha value is -2.24. The van der Waals surface area contributed by atoms with Gasteiger partial charge in [0.2, 0.25) is 5.91 Å². The van der Waals surface area contributed by atoms with Crippen LogP contribution in [-0.2, 0) is 16.1 Å². The van der Waals surface area contributed by atoms with Gasteiger partial charge < -0.3 is 9.64 Å². The van der Waals surface area contributed by atoms with Crippen LogP contribution in [0, 0.1) is 31.5 Å². The lowest BCUT2D eigenvalue weighted by Gasteiger charge is -2.30. The molecule has 29 heavy (non-hydrogen) atoms. The van der Waals surface area contributed by atoms with E-state index in [4.69, 9.17) is 4.74 Å². The fourth-order valence-electron chi connectivity index (χ4n) is 5.17. The highest BCUT2D eigenvalue weighted by atomic mass is 19.1. The van der Waals surface area contributed by atoms with E-state index in [1.807, 2.05) is 11.0 Å². The monoisotopic (exact) mass is 396 g/mol. The van der Waals surface area contributed by atoms with Crippen molar-refractivity contribution in [3.8, 4) is 0 Å². The van der Waals surface area contributed by atoms with Crippen molar-refractivity contribution in [1.29, 1.82) is 0 Å². The fraction of sp³-hybridized carbons (Fsp3) is 0.458. The molecule has 0 radical (unpaired) electrons. The molecule has 0 saturated carbocycles. The number of benzene rings is 2. The Morgan fingerprint density at radius 1 is 1.10 bits per heavy atom. The Balaban J connectivity index is 1.58. The topological polar surface area (TPSA) is 32.8 Å². The number of nitrogens with zero attached hydrogens (tertiary/aromatic N) is 2. The largest absolute Gasteiger partial charge is 0.375 e. The van der Waals surface area contributed by atoms with E-state index in [1.165, 1.54) is 29.9 Å². The first-order valence-electron chi connectivity index (χ1n) is 10.3. The van der Waals surface area contributed by atoms with E-state index in [2.05, 4.69) is 36.9 Å². The molecule has 0 N–H and O–H groups in total. The number of halogens is 1. The van der Waals surface area contributed by atoms with Gasteiger partial charge in [-0.1, -0.05) is 30.3 Å². The van der Waals surface area contributed by atoms with Crippen LogP contribution >= 0.6 is 0 Å². The first-order valence-corrected chi connectivity index (χ1v) is 10.3. The number of rotatable bonds is 5. The lowest BCUT2D eigenvalue weighted by Crippen LogP contribution is -2.37. The van der Waals surface area contributed by atoms with Gasteiger partial charge in [-0.2, -0.15) is 0 Å². The van der Waals surface area contributed by atoms with E-state index in [1.54, 1.807) is 12.1 Å². The molecular weight excluding hydrogens is 367 g/mol. The van der Waals surface area contributed by atoms with Gasteiger partial charge in [0.25, 0.3) is 0 Å². The third-order valence-corrected chi connectivity index (χ3v) is 6.54. The van der Waals surface area contributed by atoms with Gasteiger partial charge in [-0.3, -0.25) is 9.69 Å². The molecular formula is C24H29FN2O2. The molecule has 5 heteroatoms. The van der Waals surface area contributed by atoms with Crippen molar-refractivity contribution >= 4 is 5.91 Å². The maximum Gasteiger partial charge on any atom is 0.249 e. The normalized spacial score (nSPS) is 24.1. The van der Waals surface area contributed by atoms with E-state index in [9.17, 15) is 9.18 Å². The number of hydrogen-bond acceptors (Lipinski definition) is 3. The van der Waals surface area contributed by atoms with E-state index in [-0.39, 0.29) is 24.4 Å². The van der Waals surface area contributed by atoms with Crippen LogP contribution in [0.2, 0.25) is 0 Å². The number of likely N-dealkylation sites (tertiary alicyclic amines) is 2. The molecule has 4 rings (SSSR count). The molecule has 0 unspecified atom stereocenters. The average molecular weight is 397 g/mol. The second-order valence-electron chi connectivity index (χ2n) is 8.47. The van der Waals surface area contributed by atoms with E-state index < -0.39 is 0 Å². The SMILES string of the molecule is COCC(=O)N1C[C@H]2CN(Cc3c(C)cccc3C)C[C@H]2[C@@H]1c1cccc(F)c1. The van der Waals surface area contributed by atoms with Crippen LogP contribution in [-0.4, -0.2) is 49.1 Å². The van der Waals surface area contributed by atoms with Crippen molar-refractivity contribution in [2.75, 3.05) is 33.4 Å². The smallest absolute Gasteiger partial charge is 0.249 e. The van der Waals surface area contributed by atoms with Gasteiger partial charge in [0, 0.05) is 39.2 Å². The number of aryl methyl sites for hydroxylation is 2. The van der Waals surface area contributed by atoms with Crippen molar-refractivity contribution in [3.63, 3.8) is 0 Å². The Labute approximate surface area is 172 Å². The zero-order valence-electron chi connectivity index (χ0n) is 17.4. The predicted molar refractivity (Wildman–Crippen MR) is 111 cm³/mol. The zero-order chi connectivity index (χ0) is 20.5. The van der Waals surface area contributed by atoms with Gasteiger partial charge in [-0.15, -0.1) is 0 Å². The maximum atomic E-state index is 14.0. The molecule has 0 spiro atoms. The summed E-state index contributed by atoms with van der Waals surface area (Å²) in [5.41, 5.74) is 4.92. The molecule has 2 aromatic carbocycles. The molecule has 4 nitrogen and oxygen atoms in total. The van der Waals surface area contributed by atoms with E-state index in [0.29, 0.717) is 18.4 Å². The van der Waals surface area contributed by atoms with E-state index >= 15 is 0 Å². The van der Waals surface area contributed by atoms with Gasteiger partial charge in [-0.05, 0) is 54.2 Å². The van der Waals surface area contributed by atoms with Crippen molar-refractivity contribution in [2.24, 2.45) is 11.8 Å². The third kappa shape index (κ3) is 3.94. The van der Waals surface area contributed by atoms with Crippen LogP contribution in [0.1, 0.15) is 28.3 Å². The Morgan fingerprint density at radius 2 is 1.83 bits per heavy atom. The van der Waals surface area contributed by atoms with Crippen molar-refractivity contribution in [1.82, 2.24) is 9.80 Å². The Bertz CT molecular complexity index is 880. The molecule has 3 atom stereocenters. The third-order valence-electron chi connectivity index (χ3n) is 6.54. The molecule has 0 bridgehead atoms. The first kappa shape index (κ1) is 20.0. The molecule has 2 fully saturated rings. The minimum Gasteiger partial charge on any atom is -0.375 e. The Morgan fingerprint density at radius 3 is 2.52 bits per heavy atom. The molecule has 2 saturated heterocycles. The molecule has 2 heterocycles. The van der Waals surface area contributed by atoms with Crippen molar-refractivity contribution < 1.29 is 13.9 Å². The van der Waals surface area contributed by atoms with Crippen LogP contribution in [0.5, 0.6) is 0 Å². The Kier molecular flexibility index (Phi) is 5.70. The average Bonchev–Trinajstić information content (AvgIpc) is 3.22. The molecule has 2 aliphatic rings. The summed E-state index contributed by atoms with van der Waals surface area (Å²) in [4.78, 5) is 17.1. The zero-order valence-corrected chi connectivity index (χ0v) is 17.4. The van der Waals surface area contributed by atoms with Gasteiger partial charge in [0.1, 0.15) is 12.4 Å². The summed E-state index contributed by atoms with van der Waals surface area (Å²) in [7, 11) is 1.54. The van der Waals surface area contributed by atoms with Crippen molar-refractivity contribution in [2.45, 2.75) is 26.4 Å². The predicted octanol–water partition coefficient (Wildman–Crippen LogP) is 3.72. The fourth-order valence-corrected chi connectivity index (χ4v) is 5.17. The van der Waals surface area contributed by atoms with E-state index in [0.717, 1.165) is 25.2 Å². The standard InChI is InChI=1S/C24H29FN2O2/c1-16-6-4-7-17(2)21(16)13-26-11-19-12-27(23(28)15-29-3)24(22(19)14-26)18-8-5-9-20(25)10-18/h4-10,19,22,24H,11-15H2,1-3H3/t19-,22-,24+/m1/s1. The lowest BCUT2D eigenvalue weighted by molar-refractivity contribution is -0.136. The van der Waals surface area contributed by atoms with Gasteiger partial charge in [-0.25, -0.2) is 4.39 Å². The van der Waals surface area contributed by atoms with Gasteiger partial charge in [0.05, 0.1) is 6.04 Å². The minimum absolute atomic E-state index is 0.0162. The molecule has 2 aromatic rings. The quantitative estimate of drug-likeness (QED) is 0.772. The highest BCUT2D eigenvalue weighted by Gasteiger charge is 2.49. The summed E-state index contributed by atoms with van der Waals surface area (Å²) in [5, 5.41) is 0. The van der Waals surface area contributed by atoms with Crippen LogP contribution in [0.3, 0.4) is 0 Å². The first-order chi connectivity index (χ1) is 14.0. The maximum absolute atomic E-state index is 14.0. The summed E-state index contributed by atoms with van der Waals surface area (Å²) in [5.74, 6) is 0.434. The van der Waals surface area contributed by atoms with Crippen LogP contribution < -0.4 is 0 Å². The summed E-state index contributed by atoms with van der Waals surface area (Å²) < 4.78 is 19.1. The van der Waals surface area contributed by atoms with Crippen LogP contribution in [0.4, 0.5) is 4.39 Å². The van der Waals surface area contributed by atoms with Gasteiger partial charge in [0.15, 0.2) is 0 Å². The highest BCUT2D eigenvalue weighted by molar-refractivity contribution is 5.78. The molecule has 2 aliphatic heterocycles. The lowest BCUT2D eigenvalue weighted by atomic mass is 9.89. The number of ether oxygens (including phenoxy) is 1. The number of amides is 1. The number of carbonyl (C=O) groups excluding carboxylic acids is 1. The summed E-state index contributed by atoms with van der Waals surface area (Å²) >= 11 is 0. The van der Waals surface area contributed by atoms with Crippen LogP contribution in [0.25, 0.3) is 0 Å². The second-order valence-corrected chi connectivity index (χ2v) is 8.47. The van der Waals surface area contributed by atoms with Crippen LogP contribution in [0.15, 0.2) is 42.5 Å². The second kappa shape index (κ2) is 8.25. The molecule has 0 aliphatic carbocycles. The molecule has 1 amide bonds.